The van der Waals surface area contributed by atoms with Crippen LogP contribution >= 0.6 is 11.3 Å². The maximum absolute atomic E-state index is 13.0. The summed E-state index contributed by atoms with van der Waals surface area (Å²) in [6.45, 7) is 1.86. The van der Waals surface area contributed by atoms with Crippen molar-refractivity contribution in [3.8, 4) is 10.4 Å². The van der Waals surface area contributed by atoms with Gasteiger partial charge in [-0.3, -0.25) is 9.59 Å². The van der Waals surface area contributed by atoms with Crippen LogP contribution in [0.2, 0.25) is 0 Å². The number of thiazole rings is 1. The molecule has 1 saturated carbocycles. The molecule has 13 heteroatoms. The zero-order valence-electron chi connectivity index (χ0n) is 22.4. The molecule has 1 aliphatic rings. The van der Waals surface area contributed by atoms with Crippen LogP contribution in [-0.4, -0.2) is 56.9 Å². The minimum absolute atomic E-state index is 0.0786. The molecule has 0 aliphatic heterocycles. The van der Waals surface area contributed by atoms with E-state index >= 15 is 0 Å². The van der Waals surface area contributed by atoms with E-state index < -0.39 is 17.5 Å². The van der Waals surface area contributed by atoms with E-state index in [1.165, 1.54) is 16.2 Å². The van der Waals surface area contributed by atoms with Gasteiger partial charge in [-0.25, -0.2) is 15.0 Å². The number of amides is 2. The molecular formula is C27H31F3N6O3S. The van der Waals surface area contributed by atoms with Crippen molar-refractivity contribution in [3.63, 3.8) is 0 Å². The number of halogens is 3. The van der Waals surface area contributed by atoms with Gasteiger partial charge in [-0.05, 0) is 61.9 Å². The van der Waals surface area contributed by atoms with Gasteiger partial charge in [0.15, 0.2) is 0 Å². The number of hydrogen-bond donors (Lipinski definition) is 3. The third-order valence-electron chi connectivity index (χ3n) is 6.71. The summed E-state index contributed by atoms with van der Waals surface area (Å²) in [6.07, 6.45) is 0.436. The van der Waals surface area contributed by atoms with E-state index in [2.05, 4.69) is 25.6 Å². The number of anilines is 2. The maximum atomic E-state index is 13.0. The summed E-state index contributed by atoms with van der Waals surface area (Å²) in [6, 6.07) is 6.20. The first-order chi connectivity index (χ1) is 18.8. The molecular weight excluding hydrogens is 545 g/mol. The van der Waals surface area contributed by atoms with Gasteiger partial charge < -0.3 is 20.6 Å². The molecule has 4 rings (SSSR count). The van der Waals surface area contributed by atoms with Crippen molar-refractivity contribution in [1.29, 1.82) is 0 Å². The number of benzene rings is 1. The second kappa shape index (κ2) is 11.9. The molecule has 2 aromatic heterocycles. The van der Waals surface area contributed by atoms with Crippen molar-refractivity contribution >= 4 is 34.8 Å². The van der Waals surface area contributed by atoms with Crippen LogP contribution in [0.25, 0.3) is 10.4 Å². The van der Waals surface area contributed by atoms with Crippen molar-refractivity contribution in [2.75, 3.05) is 19.4 Å². The summed E-state index contributed by atoms with van der Waals surface area (Å²) in [5, 5.41) is 17.7. The Labute approximate surface area is 233 Å². The smallest absolute Gasteiger partial charge is 0.383 e. The minimum Gasteiger partial charge on any atom is -0.383 e. The molecule has 1 aromatic carbocycles. The van der Waals surface area contributed by atoms with Crippen LogP contribution in [0.5, 0.6) is 0 Å². The van der Waals surface area contributed by atoms with E-state index in [9.17, 15) is 27.9 Å². The number of aliphatic hydroxyl groups is 1. The van der Waals surface area contributed by atoms with E-state index in [0.717, 1.165) is 28.3 Å². The second-order valence-electron chi connectivity index (χ2n) is 10.2. The fourth-order valence-corrected chi connectivity index (χ4v) is 5.57. The number of alkyl halides is 3. The van der Waals surface area contributed by atoms with Crippen LogP contribution < -0.4 is 10.6 Å². The number of aromatic nitrogens is 3. The normalized spacial score (nSPS) is 19.2. The first kappa shape index (κ1) is 29.4. The largest absolute Gasteiger partial charge is 0.433 e. The predicted molar refractivity (Wildman–Crippen MR) is 145 cm³/mol. The Kier molecular flexibility index (Phi) is 8.74. The van der Waals surface area contributed by atoms with Crippen molar-refractivity contribution in [2.45, 2.75) is 63.3 Å². The molecule has 0 unspecified atom stereocenters. The zero-order valence-corrected chi connectivity index (χ0v) is 23.2. The lowest BCUT2D eigenvalue weighted by Gasteiger charge is -2.34. The van der Waals surface area contributed by atoms with E-state index in [4.69, 9.17) is 0 Å². The highest BCUT2D eigenvalue weighted by molar-refractivity contribution is 7.15. The summed E-state index contributed by atoms with van der Waals surface area (Å²) < 4.78 is 39.1. The lowest BCUT2D eigenvalue weighted by Crippen LogP contribution is -2.42. The number of rotatable bonds is 8. The molecule has 3 N–H and O–H groups in total. The third kappa shape index (κ3) is 7.33. The Balaban J connectivity index is 1.40. The highest BCUT2D eigenvalue weighted by Gasteiger charge is 2.38. The van der Waals surface area contributed by atoms with Crippen LogP contribution in [0.3, 0.4) is 0 Å². The Bertz CT molecular complexity index is 1370. The average Bonchev–Trinajstić information content (AvgIpc) is 3.40. The molecule has 0 spiro atoms. The molecule has 1 fully saturated rings. The SMILES string of the molecule is Cc1cc(Nc2nccc(C(F)(F)F)n2)cc(-c2cnc(C3(O)CCC(NC(=O)CCC(=O)N(C)C)CC3)s2)c1. The summed E-state index contributed by atoms with van der Waals surface area (Å²) in [7, 11) is 3.30. The predicted octanol–water partition coefficient (Wildman–Crippen LogP) is 4.79. The first-order valence-electron chi connectivity index (χ1n) is 12.8. The lowest BCUT2D eigenvalue weighted by atomic mass is 9.82. The van der Waals surface area contributed by atoms with Gasteiger partial charge in [-0.1, -0.05) is 6.07 Å². The van der Waals surface area contributed by atoms with Gasteiger partial charge in [0.25, 0.3) is 0 Å². The van der Waals surface area contributed by atoms with Gasteiger partial charge in [0, 0.05) is 51.1 Å². The number of aryl methyl sites for hydroxylation is 1. The van der Waals surface area contributed by atoms with Gasteiger partial charge in [0.1, 0.15) is 16.3 Å². The number of nitrogens with one attached hydrogen (secondary N) is 2. The van der Waals surface area contributed by atoms with Crippen molar-refractivity contribution in [3.05, 3.63) is 52.9 Å². The average molecular weight is 577 g/mol. The highest BCUT2D eigenvalue weighted by Crippen LogP contribution is 2.41. The molecule has 0 atom stereocenters. The van der Waals surface area contributed by atoms with E-state index in [1.807, 2.05) is 13.0 Å². The van der Waals surface area contributed by atoms with Gasteiger partial charge in [0.05, 0.1) is 4.88 Å². The number of nitrogens with zero attached hydrogens (tertiary/aromatic N) is 4. The zero-order chi connectivity index (χ0) is 29.1. The Morgan fingerprint density at radius 2 is 1.88 bits per heavy atom. The molecule has 2 amide bonds. The van der Waals surface area contributed by atoms with Crippen LogP contribution in [0, 0.1) is 6.92 Å². The molecule has 0 radical (unpaired) electrons. The standard InChI is InChI=1S/C27H31F3N6O3S/c1-16-12-17(14-19(13-16)34-25-31-11-8-21(35-25)27(28,29)30)20-15-32-24(40-20)26(39)9-6-18(7-10-26)33-22(37)4-5-23(38)36(2)3/h8,11-15,18,39H,4-7,9-10H2,1-3H3,(H,33,37)(H,31,34,35). The van der Waals surface area contributed by atoms with Gasteiger partial charge in [-0.15, -0.1) is 11.3 Å². The van der Waals surface area contributed by atoms with Gasteiger partial charge in [0.2, 0.25) is 17.8 Å². The summed E-state index contributed by atoms with van der Waals surface area (Å²) in [5.41, 5.74) is 0.0135. The maximum Gasteiger partial charge on any atom is 0.433 e. The molecule has 0 bridgehead atoms. The fourth-order valence-electron chi connectivity index (χ4n) is 4.52. The van der Waals surface area contributed by atoms with E-state index in [0.29, 0.717) is 36.4 Å². The Morgan fingerprint density at radius 3 is 2.55 bits per heavy atom. The molecule has 2 heterocycles. The second-order valence-corrected chi connectivity index (χ2v) is 11.2. The van der Waals surface area contributed by atoms with Crippen molar-refractivity contribution in [1.82, 2.24) is 25.2 Å². The molecule has 214 valence electrons. The topological polar surface area (TPSA) is 120 Å². The number of hydrogen-bond acceptors (Lipinski definition) is 8. The summed E-state index contributed by atoms with van der Waals surface area (Å²) in [5.74, 6) is -0.450. The van der Waals surface area contributed by atoms with Crippen molar-refractivity contribution in [2.24, 2.45) is 0 Å². The van der Waals surface area contributed by atoms with Crippen LogP contribution in [0.1, 0.15) is 54.8 Å². The van der Waals surface area contributed by atoms with Crippen LogP contribution in [0.15, 0.2) is 36.7 Å². The number of carbonyl (C=O) groups is 2. The molecule has 9 nitrogen and oxygen atoms in total. The monoisotopic (exact) mass is 576 g/mol. The molecule has 3 aromatic rings. The summed E-state index contributed by atoms with van der Waals surface area (Å²) >= 11 is 1.35. The minimum atomic E-state index is -4.58. The van der Waals surface area contributed by atoms with Gasteiger partial charge >= 0.3 is 6.18 Å². The van der Waals surface area contributed by atoms with Crippen LogP contribution in [0.4, 0.5) is 24.8 Å². The molecule has 0 saturated heterocycles. The molecule has 1 aliphatic carbocycles. The third-order valence-corrected chi connectivity index (χ3v) is 7.95. The first-order valence-corrected chi connectivity index (χ1v) is 13.6. The molecule has 40 heavy (non-hydrogen) atoms. The fraction of sp³-hybridized carbons (Fsp3) is 0.444. The summed E-state index contributed by atoms with van der Waals surface area (Å²) in [4.78, 5) is 38.1. The van der Waals surface area contributed by atoms with E-state index in [1.54, 1.807) is 32.4 Å². The van der Waals surface area contributed by atoms with Gasteiger partial charge in [-0.2, -0.15) is 13.2 Å². The quantitative estimate of drug-likeness (QED) is 0.353. The van der Waals surface area contributed by atoms with E-state index in [-0.39, 0.29) is 36.6 Å². The number of carbonyl (C=O) groups excluding carboxylic acids is 2. The van der Waals surface area contributed by atoms with Crippen LogP contribution in [-0.2, 0) is 21.4 Å². The Morgan fingerprint density at radius 1 is 1.15 bits per heavy atom. The Hall–Kier alpha value is -3.58. The lowest BCUT2D eigenvalue weighted by molar-refractivity contribution is -0.141. The highest BCUT2D eigenvalue weighted by atomic mass is 32.1. The van der Waals surface area contributed by atoms with Crippen molar-refractivity contribution < 1.29 is 27.9 Å².